The van der Waals surface area contributed by atoms with E-state index in [1.165, 1.54) is 77.2 Å². The van der Waals surface area contributed by atoms with Crippen LogP contribution in [0.2, 0.25) is 0 Å². The highest BCUT2D eigenvalue weighted by atomic mass is 15.4. The maximum Gasteiger partial charge on any atom is 0.103 e. The van der Waals surface area contributed by atoms with Gasteiger partial charge < -0.3 is 9.80 Å². The summed E-state index contributed by atoms with van der Waals surface area (Å²) in [7, 11) is 2.20. The van der Waals surface area contributed by atoms with Crippen LogP contribution in [0, 0.1) is 5.92 Å². The van der Waals surface area contributed by atoms with Crippen LogP contribution >= 0.6 is 0 Å². The molecule has 0 amide bonds. The standard InChI is InChI=1S/C20H40N2/c1-5-6-7-8-9-10-11-12-13-14-15-16-22-18-17-21(4)20(22)19(2)3/h17-20H,5-16H2,1-4H3. The summed E-state index contributed by atoms with van der Waals surface area (Å²) >= 11 is 0. The van der Waals surface area contributed by atoms with E-state index in [9.17, 15) is 0 Å². The van der Waals surface area contributed by atoms with Gasteiger partial charge in [0.05, 0.1) is 0 Å². The summed E-state index contributed by atoms with van der Waals surface area (Å²) < 4.78 is 0. The van der Waals surface area contributed by atoms with Crippen LogP contribution in [-0.2, 0) is 0 Å². The molecule has 2 heteroatoms. The molecule has 0 spiro atoms. The Labute approximate surface area is 139 Å². The Hall–Kier alpha value is -0.660. The molecule has 0 radical (unpaired) electrons. The first kappa shape index (κ1) is 19.4. The van der Waals surface area contributed by atoms with Crippen molar-refractivity contribution in [3.63, 3.8) is 0 Å². The highest BCUT2D eigenvalue weighted by molar-refractivity contribution is 4.96. The van der Waals surface area contributed by atoms with Gasteiger partial charge in [-0.05, 0) is 12.3 Å². The van der Waals surface area contributed by atoms with Gasteiger partial charge in [0.25, 0.3) is 0 Å². The Morgan fingerprint density at radius 3 is 1.77 bits per heavy atom. The van der Waals surface area contributed by atoms with Gasteiger partial charge in [0.2, 0.25) is 0 Å². The molecule has 1 aliphatic rings. The molecule has 1 atom stereocenters. The Morgan fingerprint density at radius 2 is 1.27 bits per heavy atom. The second-order valence-electron chi connectivity index (χ2n) is 7.39. The first-order valence-electron chi connectivity index (χ1n) is 9.82. The third-order valence-electron chi connectivity index (χ3n) is 4.87. The molecule has 0 aromatic heterocycles. The summed E-state index contributed by atoms with van der Waals surface area (Å²) in [6.45, 7) is 8.16. The minimum Gasteiger partial charge on any atom is -0.359 e. The highest BCUT2D eigenvalue weighted by Crippen LogP contribution is 2.21. The molecule has 1 heterocycles. The number of nitrogens with zero attached hydrogens (tertiary/aromatic N) is 2. The predicted molar refractivity (Wildman–Crippen MR) is 98.7 cm³/mol. The maximum atomic E-state index is 2.53. The SMILES string of the molecule is CCCCCCCCCCCCCN1C=CN(C)C1C(C)C. The molecule has 22 heavy (non-hydrogen) atoms. The zero-order valence-electron chi connectivity index (χ0n) is 15.7. The van der Waals surface area contributed by atoms with Crippen molar-refractivity contribution in [3.8, 4) is 0 Å². The minimum absolute atomic E-state index is 0.572. The van der Waals surface area contributed by atoms with Crippen LogP contribution in [0.3, 0.4) is 0 Å². The normalized spacial score (nSPS) is 18.0. The average molecular weight is 309 g/mol. The summed E-state index contributed by atoms with van der Waals surface area (Å²) in [5, 5.41) is 0. The van der Waals surface area contributed by atoms with E-state index in [2.05, 4.69) is 50.0 Å². The number of hydrogen-bond donors (Lipinski definition) is 0. The third-order valence-corrected chi connectivity index (χ3v) is 4.87. The predicted octanol–water partition coefficient (Wildman–Crippen LogP) is 6.00. The molecule has 0 saturated carbocycles. The summed E-state index contributed by atoms with van der Waals surface area (Å²) in [6, 6.07) is 0. The van der Waals surface area contributed by atoms with Crippen molar-refractivity contribution in [2.45, 2.75) is 97.6 Å². The van der Waals surface area contributed by atoms with E-state index in [4.69, 9.17) is 0 Å². The lowest BCUT2D eigenvalue weighted by Gasteiger charge is -2.33. The zero-order chi connectivity index (χ0) is 16.2. The summed E-state index contributed by atoms with van der Waals surface area (Å²) in [4.78, 5) is 4.88. The monoisotopic (exact) mass is 308 g/mol. The Morgan fingerprint density at radius 1 is 0.773 bits per heavy atom. The topological polar surface area (TPSA) is 6.48 Å². The van der Waals surface area contributed by atoms with Crippen LogP contribution in [0.5, 0.6) is 0 Å². The van der Waals surface area contributed by atoms with E-state index in [1.807, 2.05) is 0 Å². The molecule has 0 aromatic rings. The molecule has 2 nitrogen and oxygen atoms in total. The van der Waals surface area contributed by atoms with Gasteiger partial charge in [-0.1, -0.05) is 85.0 Å². The third kappa shape index (κ3) is 7.56. The van der Waals surface area contributed by atoms with E-state index in [0.717, 1.165) is 0 Å². The fourth-order valence-corrected chi connectivity index (χ4v) is 3.62. The molecule has 0 aliphatic carbocycles. The van der Waals surface area contributed by atoms with E-state index in [1.54, 1.807) is 0 Å². The number of rotatable bonds is 13. The fourth-order valence-electron chi connectivity index (χ4n) is 3.62. The van der Waals surface area contributed by atoms with Gasteiger partial charge in [-0.3, -0.25) is 0 Å². The second-order valence-corrected chi connectivity index (χ2v) is 7.39. The molecular formula is C20H40N2. The quantitative estimate of drug-likeness (QED) is 0.385. The van der Waals surface area contributed by atoms with Crippen molar-refractivity contribution < 1.29 is 0 Å². The molecular weight excluding hydrogens is 268 g/mol. The Bertz CT molecular complexity index is 285. The van der Waals surface area contributed by atoms with Gasteiger partial charge in [-0.2, -0.15) is 0 Å². The molecule has 130 valence electrons. The van der Waals surface area contributed by atoms with Crippen molar-refractivity contribution in [2.24, 2.45) is 5.92 Å². The molecule has 0 saturated heterocycles. The summed E-state index contributed by atoms with van der Waals surface area (Å²) in [5.74, 6) is 0.688. The lowest BCUT2D eigenvalue weighted by molar-refractivity contribution is 0.125. The van der Waals surface area contributed by atoms with Gasteiger partial charge in [0.1, 0.15) is 6.17 Å². The second kappa shape index (κ2) is 11.8. The van der Waals surface area contributed by atoms with Gasteiger partial charge in [-0.15, -0.1) is 0 Å². The lowest BCUT2D eigenvalue weighted by Crippen LogP contribution is -2.41. The Balaban J connectivity index is 1.92. The highest BCUT2D eigenvalue weighted by Gasteiger charge is 2.25. The van der Waals surface area contributed by atoms with Crippen molar-refractivity contribution in [1.29, 1.82) is 0 Å². The van der Waals surface area contributed by atoms with Crippen LogP contribution in [-0.4, -0.2) is 29.6 Å². The van der Waals surface area contributed by atoms with Crippen LogP contribution in [0.1, 0.15) is 91.4 Å². The van der Waals surface area contributed by atoms with Gasteiger partial charge in [0.15, 0.2) is 0 Å². The molecule has 0 bridgehead atoms. The maximum absolute atomic E-state index is 2.53. The molecule has 0 N–H and O–H groups in total. The molecule has 0 aromatic carbocycles. The van der Waals surface area contributed by atoms with E-state index >= 15 is 0 Å². The van der Waals surface area contributed by atoms with Crippen molar-refractivity contribution in [3.05, 3.63) is 12.4 Å². The average Bonchev–Trinajstić information content (AvgIpc) is 2.86. The smallest absolute Gasteiger partial charge is 0.103 e. The molecule has 1 unspecified atom stereocenters. The summed E-state index contributed by atoms with van der Waals surface area (Å²) in [6.07, 6.45) is 20.8. The molecule has 1 rings (SSSR count). The van der Waals surface area contributed by atoms with E-state index in [-0.39, 0.29) is 0 Å². The number of hydrogen-bond acceptors (Lipinski definition) is 2. The van der Waals surface area contributed by atoms with Crippen molar-refractivity contribution in [1.82, 2.24) is 9.80 Å². The first-order chi connectivity index (χ1) is 10.7. The van der Waals surface area contributed by atoms with E-state index < -0.39 is 0 Å². The van der Waals surface area contributed by atoms with Crippen LogP contribution in [0.25, 0.3) is 0 Å². The van der Waals surface area contributed by atoms with Gasteiger partial charge >= 0.3 is 0 Å². The summed E-state index contributed by atoms with van der Waals surface area (Å²) in [5.41, 5.74) is 0. The first-order valence-corrected chi connectivity index (χ1v) is 9.82. The fraction of sp³-hybridized carbons (Fsp3) is 0.900. The largest absolute Gasteiger partial charge is 0.359 e. The van der Waals surface area contributed by atoms with Crippen LogP contribution in [0.4, 0.5) is 0 Å². The molecule has 0 fully saturated rings. The number of unbranched alkanes of at least 4 members (excludes halogenated alkanes) is 10. The van der Waals surface area contributed by atoms with E-state index in [0.29, 0.717) is 12.1 Å². The molecule has 1 aliphatic heterocycles. The van der Waals surface area contributed by atoms with Gasteiger partial charge in [0, 0.05) is 26.0 Å². The van der Waals surface area contributed by atoms with Crippen molar-refractivity contribution in [2.75, 3.05) is 13.6 Å². The zero-order valence-corrected chi connectivity index (χ0v) is 15.7. The minimum atomic E-state index is 0.572. The van der Waals surface area contributed by atoms with Gasteiger partial charge in [-0.25, -0.2) is 0 Å². The lowest BCUT2D eigenvalue weighted by atomic mass is 10.1. The van der Waals surface area contributed by atoms with Crippen LogP contribution in [0.15, 0.2) is 12.4 Å². The van der Waals surface area contributed by atoms with Crippen LogP contribution < -0.4 is 0 Å². The Kier molecular flexibility index (Phi) is 10.4. The van der Waals surface area contributed by atoms with Crippen molar-refractivity contribution >= 4 is 0 Å².